The van der Waals surface area contributed by atoms with Crippen LogP contribution in [0.2, 0.25) is 0 Å². The van der Waals surface area contributed by atoms with E-state index in [-0.39, 0.29) is 24.0 Å². The number of nitrogens with one attached hydrogen (secondary N) is 1. The van der Waals surface area contributed by atoms with E-state index in [0.717, 1.165) is 56.9 Å². The van der Waals surface area contributed by atoms with Gasteiger partial charge in [0.1, 0.15) is 12.6 Å². The van der Waals surface area contributed by atoms with Gasteiger partial charge >= 0.3 is 6.03 Å². The highest BCUT2D eigenvalue weighted by atomic mass is 16.7. The Morgan fingerprint density at radius 2 is 1.87 bits per heavy atom. The summed E-state index contributed by atoms with van der Waals surface area (Å²) < 4.78 is 0. The minimum Gasteiger partial charge on any atom is -0.352 e. The number of carbonyl (C=O) groups is 3. The van der Waals surface area contributed by atoms with E-state index in [1.54, 1.807) is 12.3 Å². The Kier molecular flexibility index (Phi) is 7.24. The van der Waals surface area contributed by atoms with Crippen LogP contribution in [0.3, 0.4) is 0 Å². The van der Waals surface area contributed by atoms with Crippen molar-refractivity contribution >= 4 is 25.5 Å². The molecule has 0 saturated carbocycles. The van der Waals surface area contributed by atoms with Gasteiger partial charge in [0.05, 0.1) is 12.2 Å². The molecule has 0 unspecified atom stereocenters. The van der Waals surface area contributed by atoms with Crippen molar-refractivity contribution in [3.8, 4) is 0 Å². The van der Waals surface area contributed by atoms with Crippen LogP contribution >= 0.6 is 0 Å². The third-order valence-corrected chi connectivity index (χ3v) is 6.45. The molecule has 3 aliphatic heterocycles. The first-order chi connectivity index (χ1) is 15.2. The standard InChI is InChI=1S/C22H30BN4O4/c28-16-23-25-12-4-8-18(9-5-13-25)24-21(29)20-11-10-19-14-26(20)22(30)27(19)31-15-17-6-2-1-3-7-17/h1-3,6-7,16,18-20H,4-5,8-15H2,(H,24,29)/t19-,20+/m1/s1. The average molecular weight is 425 g/mol. The van der Waals surface area contributed by atoms with Gasteiger partial charge in [0.2, 0.25) is 5.91 Å². The van der Waals surface area contributed by atoms with E-state index in [1.165, 1.54) is 5.06 Å². The van der Waals surface area contributed by atoms with Crippen LogP contribution in [-0.4, -0.2) is 78.1 Å². The molecule has 0 aromatic heterocycles. The summed E-state index contributed by atoms with van der Waals surface area (Å²) in [6.07, 6.45) is 5.85. The summed E-state index contributed by atoms with van der Waals surface area (Å²) in [5.41, 5.74) is 1.01. The quantitative estimate of drug-likeness (QED) is 0.530. The van der Waals surface area contributed by atoms with E-state index in [0.29, 0.717) is 19.6 Å². The lowest BCUT2D eigenvalue weighted by Crippen LogP contribution is -2.52. The summed E-state index contributed by atoms with van der Waals surface area (Å²) in [4.78, 5) is 46.2. The lowest BCUT2D eigenvalue weighted by Gasteiger charge is -2.32. The minimum absolute atomic E-state index is 0.00158. The fourth-order valence-electron chi connectivity index (χ4n) is 4.80. The lowest BCUT2D eigenvalue weighted by molar-refractivity contribution is -0.140. The normalized spacial score (nSPS) is 25.1. The molecule has 1 aromatic rings. The smallest absolute Gasteiger partial charge is 0.345 e. The van der Waals surface area contributed by atoms with Gasteiger partial charge in [-0.3, -0.25) is 9.63 Å². The first-order valence-corrected chi connectivity index (χ1v) is 11.3. The molecule has 3 heterocycles. The summed E-state index contributed by atoms with van der Waals surface area (Å²) >= 11 is 0. The van der Waals surface area contributed by atoms with Gasteiger partial charge in [0, 0.05) is 12.6 Å². The Labute approximate surface area is 184 Å². The maximum atomic E-state index is 13.0. The monoisotopic (exact) mass is 425 g/mol. The predicted molar refractivity (Wildman–Crippen MR) is 116 cm³/mol. The fourth-order valence-corrected chi connectivity index (χ4v) is 4.80. The van der Waals surface area contributed by atoms with E-state index in [4.69, 9.17) is 4.84 Å². The molecule has 2 bridgehead atoms. The molecule has 9 heteroatoms. The van der Waals surface area contributed by atoms with Crippen molar-refractivity contribution in [1.29, 1.82) is 0 Å². The Bertz CT molecular complexity index is 770. The van der Waals surface area contributed by atoms with Crippen molar-refractivity contribution < 1.29 is 19.2 Å². The van der Waals surface area contributed by atoms with Crippen molar-refractivity contribution in [3.63, 3.8) is 0 Å². The molecule has 31 heavy (non-hydrogen) atoms. The Morgan fingerprint density at radius 3 is 2.58 bits per heavy atom. The van der Waals surface area contributed by atoms with Crippen molar-refractivity contribution in [2.24, 2.45) is 0 Å². The number of nitrogens with zero attached hydrogens (tertiary/aromatic N) is 3. The van der Waals surface area contributed by atoms with Crippen LogP contribution in [0.15, 0.2) is 30.3 Å². The van der Waals surface area contributed by atoms with E-state index in [1.807, 2.05) is 35.1 Å². The molecule has 1 aromatic carbocycles. The van der Waals surface area contributed by atoms with Crippen molar-refractivity contribution in [2.45, 2.75) is 63.3 Å². The SMILES string of the molecule is O=C[B]N1CCCC(NC(=O)[C@@H]2CC[C@@H]3CN2C(=O)N3OCc2ccccc2)CCC1. The van der Waals surface area contributed by atoms with Crippen LogP contribution in [0.25, 0.3) is 0 Å². The van der Waals surface area contributed by atoms with Gasteiger partial charge in [-0.2, -0.15) is 5.06 Å². The zero-order valence-corrected chi connectivity index (χ0v) is 17.8. The predicted octanol–water partition coefficient (Wildman–Crippen LogP) is 1.56. The van der Waals surface area contributed by atoms with Crippen molar-refractivity contribution in [3.05, 3.63) is 35.9 Å². The molecular formula is C22H30BN4O4. The molecule has 1 N–H and O–H groups in total. The van der Waals surface area contributed by atoms with Crippen LogP contribution in [0, 0.1) is 0 Å². The summed E-state index contributed by atoms with van der Waals surface area (Å²) in [6, 6.07) is 9.25. The van der Waals surface area contributed by atoms with Gasteiger partial charge in [-0.1, -0.05) is 30.3 Å². The molecule has 2 atom stereocenters. The summed E-state index contributed by atoms with van der Waals surface area (Å²) in [5.74, 6) is -0.0569. The fraction of sp³-hybridized carbons (Fsp3) is 0.591. The molecule has 3 fully saturated rings. The first kappa shape index (κ1) is 21.8. The molecular weight excluding hydrogens is 395 g/mol. The topological polar surface area (TPSA) is 82.2 Å². The number of hydrogen-bond donors (Lipinski definition) is 1. The Morgan fingerprint density at radius 1 is 1.13 bits per heavy atom. The number of hydroxylamine groups is 2. The molecule has 8 nitrogen and oxygen atoms in total. The van der Waals surface area contributed by atoms with Gasteiger partial charge in [-0.25, -0.2) is 4.79 Å². The largest absolute Gasteiger partial charge is 0.352 e. The number of urea groups is 1. The Hall–Kier alpha value is -2.39. The first-order valence-electron chi connectivity index (χ1n) is 11.3. The summed E-state index contributed by atoms with van der Waals surface area (Å²) in [5, 5.41) is 4.66. The number of benzene rings is 1. The highest BCUT2D eigenvalue weighted by Gasteiger charge is 2.48. The van der Waals surface area contributed by atoms with Gasteiger partial charge in [-0.05, 0) is 57.2 Å². The second-order valence-electron chi connectivity index (χ2n) is 8.58. The summed E-state index contributed by atoms with van der Waals surface area (Å²) in [7, 11) is 1.60. The zero-order valence-electron chi connectivity index (χ0n) is 17.8. The molecule has 165 valence electrons. The number of rotatable bonds is 7. The van der Waals surface area contributed by atoms with Gasteiger partial charge in [0.25, 0.3) is 7.41 Å². The molecule has 3 amide bonds. The van der Waals surface area contributed by atoms with Gasteiger partial charge < -0.3 is 19.8 Å². The third-order valence-electron chi connectivity index (χ3n) is 6.45. The second-order valence-corrected chi connectivity index (χ2v) is 8.58. The Balaban J connectivity index is 1.29. The molecule has 3 aliphatic rings. The van der Waals surface area contributed by atoms with Gasteiger partial charge in [0.15, 0.2) is 0 Å². The number of amides is 3. The zero-order chi connectivity index (χ0) is 21.6. The van der Waals surface area contributed by atoms with E-state index in [2.05, 4.69) is 5.32 Å². The molecule has 0 spiro atoms. The molecule has 3 saturated heterocycles. The summed E-state index contributed by atoms with van der Waals surface area (Å²) in [6.45, 7) is 2.53. The second kappa shape index (κ2) is 10.3. The van der Waals surface area contributed by atoms with Crippen LogP contribution in [0.1, 0.15) is 44.1 Å². The highest BCUT2D eigenvalue weighted by Crippen LogP contribution is 2.30. The maximum Gasteiger partial charge on any atom is 0.345 e. The number of fused-ring (bicyclic) bond motifs is 2. The van der Waals surface area contributed by atoms with E-state index < -0.39 is 6.04 Å². The van der Waals surface area contributed by atoms with Crippen molar-refractivity contribution in [1.82, 2.24) is 20.1 Å². The molecule has 1 radical (unpaired) electrons. The number of piperidine rings is 1. The molecule has 0 aliphatic carbocycles. The lowest BCUT2D eigenvalue weighted by atomic mass is 9.91. The number of carbonyl (C=O) groups excluding carboxylic acids is 3. The average Bonchev–Trinajstić information content (AvgIpc) is 3.00. The van der Waals surface area contributed by atoms with Crippen LogP contribution < -0.4 is 5.32 Å². The molecule has 4 rings (SSSR count). The van der Waals surface area contributed by atoms with Crippen LogP contribution in [-0.2, 0) is 21.0 Å². The third kappa shape index (κ3) is 5.27. The van der Waals surface area contributed by atoms with E-state index in [9.17, 15) is 14.4 Å². The van der Waals surface area contributed by atoms with Crippen LogP contribution in [0.5, 0.6) is 0 Å². The van der Waals surface area contributed by atoms with Gasteiger partial charge in [-0.15, -0.1) is 0 Å². The number of hydrogen-bond acceptors (Lipinski definition) is 5. The van der Waals surface area contributed by atoms with E-state index >= 15 is 0 Å². The highest BCUT2D eigenvalue weighted by molar-refractivity contribution is 6.64. The maximum absolute atomic E-state index is 13.0. The minimum atomic E-state index is -0.431. The van der Waals surface area contributed by atoms with Crippen LogP contribution in [0.4, 0.5) is 4.79 Å². The van der Waals surface area contributed by atoms with Crippen molar-refractivity contribution in [2.75, 3.05) is 19.6 Å².